The molecular formula is C30H38N4O6. The Labute approximate surface area is 235 Å². The van der Waals surface area contributed by atoms with Crippen molar-refractivity contribution in [2.75, 3.05) is 33.2 Å². The molecule has 2 aliphatic heterocycles. The number of likely N-dealkylation sites (N-methyl/N-ethyl adjacent to an activating group) is 1. The number of nitrogens with one attached hydrogen (secondary N) is 1. The zero-order valence-corrected chi connectivity index (χ0v) is 23.6. The third-order valence-electron chi connectivity index (χ3n) is 7.89. The molecule has 10 heteroatoms. The maximum atomic E-state index is 13.2. The first kappa shape index (κ1) is 29.1. The van der Waals surface area contributed by atoms with Gasteiger partial charge in [-0.15, -0.1) is 0 Å². The number of hydrogen-bond acceptors (Lipinski definition) is 7. The predicted octanol–water partition coefficient (Wildman–Crippen LogP) is 3.27. The Kier molecular flexibility index (Phi) is 9.09. The minimum atomic E-state index is -0.970. The van der Waals surface area contributed by atoms with Gasteiger partial charge in [-0.3, -0.25) is 9.59 Å². The van der Waals surface area contributed by atoms with Crippen molar-refractivity contribution < 1.29 is 28.7 Å². The van der Waals surface area contributed by atoms with E-state index in [1.165, 1.54) is 6.92 Å². The van der Waals surface area contributed by atoms with Gasteiger partial charge in [-0.2, -0.15) is 0 Å². The molecule has 2 unspecified atom stereocenters. The quantitative estimate of drug-likeness (QED) is 0.377. The van der Waals surface area contributed by atoms with Gasteiger partial charge in [0.1, 0.15) is 23.8 Å². The summed E-state index contributed by atoms with van der Waals surface area (Å²) in [5.41, 5.74) is 0.506. The van der Waals surface area contributed by atoms with Crippen molar-refractivity contribution in [2.45, 2.75) is 52.5 Å². The van der Waals surface area contributed by atoms with Crippen LogP contribution in [0.2, 0.25) is 0 Å². The van der Waals surface area contributed by atoms with Crippen LogP contribution in [0.25, 0.3) is 0 Å². The Morgan fingerprint density at radius 1 is 0.975 bits per heavy atom. The summed E-state index contributed by atoms with van der Waals surface area (Å²) < 4.78 is 11.5. The van der Waals surface area contributed by atoms with Crippen LogP contribution in [0.1, 0.15) is 49.5 Å². The molecule has 2 fully saturated rings. The second-order valence-corrected chi connectivity index (χ2v) is 10.4. The fourth-order valence-electron chi connectivity index (χ4n) is 5.06. The molecule has 0 spiro atoms. The number of benzene rings is 2. The van der Waals surface area contributed by atoms with E-state index in [0.29, 0.717) is 37.2 Å². The van der Waals surface area contributed by atoms with E-state index in [4.69, 9.17) is 9.47 Å². The Balaban J connectivity index is 1.40. The van der Waals surface area contributed by atoms with Gasteiger partial charge >= 0.3 is 12.0 Å². The number of piperazine rings is 1. The van der Waals surface area contributed by atoms with E-state index in [9.17, 15) is 19.2 Å². The molecule has 2 aromatic rings. The Hall–Kier alpha value is -3.92. The summed E-state index contributed by atoms with van der Waals surface area (Å²) >= 11 is 0. The topological polar surface area (TPSA) is 108 Å². The Bertz CT molecular complexity index is 1210. The van der Waals surface area contributed by atoms with Gasteiger partial charge in [0.05, 0.1) is 0 Å². The largest absolute Gasteiger partial charge is 0.469 e. The molecule has 10 nitrogen and oxygen atoms in total. The summed E-state index contributed by atoms with van der Waals surface area (Å²) in [4.78, 5) is 56.8. The highest BCUT2D eigenvalue weighted by Gasteiger charge is 2.63. The molecule has 2 aromatic carbocycles. The van der Waals surface area contributed by atoms with E-state index in [1.807, 2.05) is 56.1 Å². The van der Waals surface area contributed by atoms with Gasteiger partial charge < -0.3 is 24.6 Å². The van der Waals surface area contributed by atoms with Crippen LogP contribution in [0.5, 0.6) is 5.75 Å². The molecule has 0 aliphatic carbocycles. The van der Waals surface area contributed by atoms with E-state index in [2.05, 4.69) is 10.2 Å². The first-order chi connectivity index (χ1) is 19.2. The molecule has 0 saturated carbocycles. The summed E-state index contributed by atoms with van der Waals surface area (Å²) in [6.07, 6.45) is 0.0957. The number of rotatable bonds is 9. The highest BCUT2D eigenvalue weighted by atomic mass is 16.5. The SMILES string of the molecule is CCC1(CC)C(=O)N(C(=O)NC(C)C(=O)OCc2ccccc2)C1Oc1ccc(C(=O)N2CCN(C)CC2)cc1. The average molecular weight is 551 g/mol. The smallest absolute Gasteiger partial charge is 0.328 e. The lowest BCUT2D eigenvalue weighted by molar-refractivity contribution is -0.191. The van der Waals surface area contributed by atoms with Crippen LogP contribution < -0.4 is 10.1 Å². The van der Waals surface area contributed by atoms with E-state index >= 15 is 0 Å². The lowest BCUT2D eigenvalue weighted by atomic mass is 9.72. The Morgan fingerprint density at radius 2 is 1.60 bits per heavy atom. The number of esters is 1. The highest BCUT2D eigenvalue weighted by Crippen LogP contribution is 2.46. The molecule has 2 heterocycles. The van der Waals surface area contributed by atoms with E-state index in [-0.39, 0.29) is 18.4 Å². The van der Waals surface area contributed by atoms with Crippen molar-refractivity contribution >= 4 is 23.8 Å². The molecule has 2 atom stereocenters. The Morgan fingerprint density at radius 3 is 2.20 bits per heavy atom. The molecule has 0 bridgehead atoms. The fraction of sp³-hybridized carbons (Fsp3) is 0.467. The number of nitrogens with zero attached hydrogens (tertiary/aromatic N) is 3. The molecule has 4 rings (SSSR count). The summed E-state index contributed by atoms with van der Waals surface area (Å²) in [6, 6.07) is 14.3. The molecule has 2 saturated heterocycles. The first-order valence-corrected chi connectivity index (χ1v) is 13.8. The van der Waals surface area contributed by atoms with Gasteiger partial charge in [0.25, 0.3) is 5.91 Å². The monoisotopic (exact) mass is 550 g/mol. The van der Waals surface area contributed by atoms with Crippen LogP contribution in [0.4, 0.5) is 4.79 Å². The minimum Gasteiger partial charge on any atom is -0.469 e. The van der Waals surface area contributed by atoms with Crippen LogP contribution in [-0.2, 0) is 20.9 Å². The number of ether oxygens (including phenoxy) is 2. The first-order valence-electron chi connectivity index (χ1n) is 13.8. The number of imide groups is 1. The molecular weight excluding hydrogens is 512 g/mol. The molecule has 1 N–H and O–H groups in total. The molecule has 0 aromatic heterocycles. The van der Waals surface area contributed by atoms with Gasteiger partial charge in [0, 0.05) is 31.7 Å². The minimum absolute atomic E-state index is 0.0379. The zero-order valence-electron chi connectivity index (χ0n) is 23.6. The third-order valence-corrected chi connectivity index (χ3v) is 7.89. The van der Waals surface area contributed by atoms with Gasteiger partial charge in [-0.25, -0.2) is 14.5 Å². The normalized spacial score (nSPS) is 19.4. The van der Waals surface area contributed by atoms with E-state index in [0.717, 1.165) is 23.6 Å². The van der Waals surface area contributed by atoms with Gasteiger partial charge in [-0.05, 0) is 56.6 Å². The lowest BCUT2D eigenvalue weighted by Gasteiger charge is -2.53. The van der Waals surface area contributed by atoms with Gasteiger partial charge in [0.2, 0.25) is 5.91 Å². The highest BCUT2D eigenvalue weighted by molar-refractivity contribution is 6.04. The fourth-order valence-corrected chi connectivity index (χ4v) is 5.06. The van der Waals surface area contributed by atoms with Crippen LogP contribution in [0, 0.1) is 5.41 Å². The number of β-lactam (4-membered cyclic amide) rings is 1. The second kappa shape index (κ2) is 12.5. The van der Waals surface area contributed by atoms with Crippen molar-refractivity contribution in [3.63, 3.8) is 0 Å². The average Bonchev–Trinajstić information content (AvgIpc) is 2.97. The summed E-state index contributed by atoms with van der Waals surface area (Å²) in [7, 11) is 2.04. The standard InChI is InChI=1S/C30H38N4O6/c1-5-30(6-2)27(37)34(29(38)31-21(3)26(36)39-20-22-10-8-7-9-11-22)28(30)40-24-14-12-23(13-15-24)25(35)33-18-16-32(4)17-19-33/h7-15,21,28H,5-6,16-20H2,1-4H3,(H,31,38). The number of urea groups is 1. The number of amides is 4. The predicted molar refractivity (Wildman–Crippen MR) is 148 cm³/mol. The van der Waals surface area contributed by atoms with Crippen LogP contribution in [0.15, 0.2) is 54.6 Å². The van der Waals surface area contributed by atoms with Crippen molar-refractivity contribution in [3.05, 3.63) is 65.7 Å². The summed E-state index contributed by atoms with van der Waals surface area (Å²) in [5, 5.41) is 2.57. The van der Waals surface area contributed by atoms with Crippen molar-refractivity contribution in [3.8, 4) is 5.75 Å². The third kappa shape index (κ3) is 5.96. The molecule has 2 aliphatic rings. The summed E-state index contributed by atoms with van der Waals surface area (Å²) in [5.74, 6) is -0.567. The van der Waals surface area contributed by atoms with Crippen LogP contribution in [0.3, 0.4) is 0 Å². The molecule has 4 amide bonds. The maximum Gasteiger partial charge on any atom is 0.328 e. The molecule has 0 radical (unpaired) electrons. The zero-order chi connectivity index (χ0) is 28.9. The molecule has 214 valence electrons. The van der Waals surface area contributed by atoms with Crippen molar-refractivity contribution in [1.29, 1.82) is 0 Å². The number of hydrogen-bond donors (Lipinski definition) is 1. The lowest BCUT2D eigenvalue weighted by Crippen LogP contribution is -2.74. The van der Waals surface area contributed by atoms with Gasteiger partial charge in [0.15, 0.2) is 6.23 Å². The van der Waals surface area contributed by atoms with Crippen LogP contribution >= 0.6 is 0 Å². The van der Waals surface area contributed by atoms with Crippen LogP contribution in [-0.4, -0.2) is 84.0 Å². The molecule has 40 heavy (non-hydrogen) atoms. The van der Waals surface area contributed by atoms with E-state index in [1.54, 1.807) is 24.3 Å². The van der Waals surface area contributed by atoms with Crippen molar-refractivity contribution in [1.82, 2.24) is 20.0 Å². The number of carbonyl (C=O) groups is 4. The van der Waals surface area contributed by atoms with E-state index < -0.39 is 29.7 Å². The maximum absolute atomic E-state index is 13.2. The summed E-state index contributed by atoms with van der Waals surface area (Å²) in [6.45, 7) is 8.37. The number of likely N-dealkylation sites (tertiary alicyclic amines) is 1. The second-order valence-electron chi connectivity index (χ2n) is 10.4. The number of carbonyl (C=O) groups excluding carboxylic acids is 4. The van der Waals surface area contributed by atoms with Crippen molar-refractivity contribution in [2.24, 2.45) is 5.41 Å². The van der Waals surface area contributed by atoms with Gasteiger partial charge in [-0.1, -0.05) is 44.2 Å².